The number of halogens is 3. The summed E-state index contributed by atoms with van der Waals surface area (Å²) in [6, 6.07) is 10.5. The van der Waals surface area contributed by atoms with Gasteiger partial charge in [-0.15, -0.1) is 0 Å². The average Bonchev–Trinajstić information content (AvgIpc) is 2.91. The van der Waals surface area contributed by atoms with Crippen molar-refractivity contribution in [3.05, 3.63) is 101 Å². The zero-order valence-electron chi connectivity index (χ0n) is 23.4. The summed E-state index contributed by atoms with van der Waals surface area (Å²) >= 11 is 0. The number of aromatic nitrogens is 1. The first-order chi connectivity index (χ1) is 19.4. The quantitative estimate of drug-likeness (QED) is 0.207. The molecule has 2 atom stereocenters. The van der Waals surface area contributed by atoms with E-state index >= 15 is 8.78 Å². The van der Waals surface area contributed by atoms with E-state index in [0.29, 0.717) is 23.3 Å². The van der Waals surface area contributed by atoms with Gasteiger partial charge in [-0.05, 0) is 73.7 Å². The second-order valence-electron chi connectivity index (χ2n) is 10.8. The third-order valence-electron chi connectivity index (χ3n) is 7.05. The van der Waals surface area contributed by atoms with Crippen LogP contribution < -0.4 is 5.32 Å². The van der Waals surface area contributed by atoms with E-state index in [-0.39, 0.29) is 23.7 Å². The van der Waals surface area contributed by atoms with Crippen LogP contribution in [-0.2, 0) is 11.2 Å². The van der Waals surface area contributed by atoms with Crippen LogP contribution in [0.25, 0.3) is 22.8 Å². The molecule has 41 heavy (non-hydrogen) atoms. The number of aliphatic carboxylic acids is 1. The van der Waals surface area contributed by atoms with E-state index in [4.69, 9.17) is 10.5 Å². The maximum Gasteiger partial charge on any atom is 0.328 e. The minimum Gasteiger partial charge on any atom is -0.478 e. The number of hydrogen-bond donors (Lipinski definition) is 3. The lowest BCUT2D eigenvalue weighted by molar-refractivity contribution is -0.131. The van der Waals surface area contributed by atoms with Gasteiger partial charge in [0.05, 0.1) is 11.7 Å². The summed E-state index contributed by atoms with van der Waals surface area (Å²) in [4.78, 5) is 17.2. The molecule has 0 radical (unpaired) electrons. The summed E-state index contributed by atoms with van der Waals surface area (Å²) in [5.41, 5.74) is 2.80. The van der Waals surface area contributed by atoms with Crippen LogP contribution in [0.5, 0.6) is 0 Å². The zero-order chi connectivity index (χ0) is 29.9. The van der Waals surface area contributed by atoms with Crippen molar-refractivity contribution in [2.45, 2.75) is 44.9 Å². The molecule has 0 spiro atoms. The molecule has 3 aromatic rings. The predicted octanol–water partition coefficient (Wildman–Crippen LogP) is 6.42. The fraction of sp³-hybridized carbons (Fsp3) is 0.281. The summed E-state index contributed by atoms with van der Waals surface area (Å²) in [6.07, 6.45) is 7.12. The first kappa shape index (κ1) is 29.7. The average molecular weight is 563 g/mol. The summed E-state index contributed by atoms with van der Waals surface area (Å²) in [5.74, 6) is -2.89. The molecule has 9 heteroatoms. The van der Waals surface area contributed by atoms with Crippen LogP contribution in [0.1, 0.15) is 54.8 Å². The lowest BCUT2D eigenvalue weighted by Crippen LogP contribution is -2.48. The Kier molecular flexibility index (Phi) is 8.77. The number of benzene rings is 2. The molecule has 2 heterocycles. The molecule has 0 saturated carbocycles. The molecule has 0 fully saturated rings. The Bertz CT molecular complexity index is 1490. The van der Waals surface area contributed by atoms with Crippen molar-refractivity contribution in [3.63, 3.8) is 0 Å². The van der Waals surface area contributed by atoms with Crippen LogP contribution in [0.3, 0.4) is 0 Å². The number of carboxylic acids is 1. The number of hydrogen-bond acceptors (Lipinski definition) is 5. The molecule has 6 nitrogen and oxygen atoms in total. The normalized spacial score (nSPS) is 17.9. The number of allylic oxidation sites excluding steroid dienone is 1. The molecular formula is C32H33F3N4O2. The summed E-state index contributed by atoms with van der Waals surface area (Å²) in [5, 5.41) is 19.4. The minimum atomic E-state index is -1.62. The van der Waals surface area contributed by atoms with Crippen LogP contribution in [0.2, 0.25) is 0 Å². The topological polar surface area (TPSA) is 89.3 Å². The number of alkyl halides is 1. The van der Waals surface area contributed by atoms with Gasteiger partial charge in [-0.2, -0.15) is 0 Å². The lowest BCUT2D eigenvalue weighted by atomic mass is 9.82. The molecule has 0 aliphatic carbocycles. The van der Waals surface area contributed by atoms with Gasteiger partial charge in [-0.1, -0.05) is 24.3 Å². The first-order valence-electron chi connectivity index (χ1n) is 13.2. The van der Waals surface area contributed by atoms with Crippen LogP contribution >= 0.6 is 0 Å². The molecule has 0 saturated heterocycles. The van der Waals surface area contributed by atoms with Crippen molar-refractivity contribution in [3.8, 4) is 11.1 Å². The van der Waals surface area contributed by atoms with E-state index in [1.54, 1.807) is 24.3 Å². The molecule has 1 aliphatic heterocycles. The van der Waals surface area contributed by atoms with Crippen molar-refractivity contribution in [2.75, 3.05) is 13.6 Å². The second-order valence-corrected chi connectivity index (χ2v) is 10.8. The number of nitrogens with zero attached hydrogens (tertiary/aromatic N) is 2. The summed E-state index contributed by atoms with van der Waals surface area (Å²) in [6.45, 7) is 4.75. The molecule has 2 unspecified atom stereocenters. The highest BCUT2D eigenvalue weighted by atomic mass is 19.1. The minimum absolute atomic E-state index is 0.0412. The van der Waals surface area contributed by atoms with E-state index < -0.39 is 29.3 Å². The van der Waals surface area contributed by atoms with Gasteiger partial charge in [-0.25, -0.2) is 18.0 Å². The fourth-order valence-corrected chi connectivity index (χ4v) is 5.31. The molecule has 214 valence electrons. The lowest BCUT2D eigenvalue weighted by Gasteiger charge is -2.44. The van der Waals surface area contributed by atoms with E-state index in [0.717, 1.165) is 41.0 Å². The van der Waals surface area contributed by atoms with E-state index in [2.05, 4.69) is 10.3 Å². The van der Waals surface area contributed by atoms with Gasteiger partial charge in [0.25, 0.3) is 0 Å². The van der Waals surface area contributed by atoms with Gasteiger partial charge in [0, 0.05) is 61.0 Å². The van der Waals surface area contributed by atoms with Gasteiger partial charge in [0.15, 0.2) is 0 Å². The molecule has 4 rings (SSSR count). The highest BCUT2D eigenvalue weighted by Crippen LogP contribution is 2.42. The predicted molar refractivity (Wildman–Crippen MR) is 155 cm³/mol. The van der Waals surface area contributed by atoms with Crippen molar-refractivity contribution >= 4 is 23.8 Å². The third-order valence-corrected chi connectivity index (χ3v) is 7.05. The van der Waals surface area contributed by atoms with Crippen LogP contribution in [0, 0.1) is 17.0 Å². The molecule has 0 bridgehead atoms. The van der Waals surface area contributed by atoms with E-state index in [9.17, 15) is 9.18 Å². The van der Waals surface area contributed by atoms with Crippen molar-refractivity contribution in [1.29, 1.82) is 5.41 Å². The Morgan fingerprint density at radius 3 is 2.41 bits per heavy atom. The highest BCUT2D eigenvalue weighted by molar-refractivity contribution is 6.07. The van der Waals surface area contributed by atoms with Crippen molar-refractivity contribution in [2.24, 2.45) is 0 Å². The molecule has 0 amide bonds. The number of pyridine rings is 1. The summed E-state index contributed by atoms with van der Waals surface area (Å²) < 4.78 is 46.2. The molecule has 3 N–H and O–H groups in total. The van der Waals surface area contributed by atoms with Crippen LogP contribution in [0.4, 0.5) is 13.2 Å². The Morgan fingerprint density at radius 1 is 1.17 bits per heavy atom. The van der Waals surface area contributed by atoms with Gasteiger partial charge in [-0.3, -0.25) is 9.88 Å². The number of nitrogens with one attached hydrogen (secondary N) is 2. The number of carbonyl (C=O) groups is 1. The Hall–Kier alpha value is -4.24. The molecule has 1 aromatic heterocycles. The van der Waals surface area contributed by atoms with Gasteiger partial charge < -0.3 is 15.8 Å². The summed E-state index contributed by atoms with van der Waals surface area (Å²) in [7, 11) is 1.75. The molecular weight excluding hydrogens is 529 g/mol. The number of fused-ring (bicyclic) bond motifs is 1. The first-order valence-corrected chi connectivity index (χ1v) is 13.2. The zero-order valence-corrected chi connectivity index (χ0v) is 23.4. The SMILES string of the molecule is CN/C=C(\C=N)c1ccc(-c2ccc3c(c2)CC(C)N(CC(C)(C)F)C3c2c(F)cc(/C=C/C(=O)O)cc2F)cn1. The Morgan fingerprint density at radius 2 is 1.85 bits per heavy atom. The smallest absolute Gasteiger partial charge is 0.328 e. The monoisotopic (exact) mass is 562 g/mol. The number of carboxylic acid groups (broad SMARTS) is 1. The highest BCUT2D eigenvalue weighted by Gasteiger charge is 2.39. The number of rotatable bonds is 9. The standard InChI is InChI=1S/C32H33F3N4O2/c1-19-11-23-14-21(22-7-9-28(38-17-22)24(15-36)16-37-4)6-8-25(23)31(39(19)18-32(2,3)35)30-26(33)12-20(13-27(30)34)5-10-29(40)41/h5-10,12-17,19,31,36-37H,11,18H2,1-4H3,(H,40,41)/b10-5+,24-16+,36-15?. The fourth-order valence-electron chi connectivity index (χ4n) is 5.31. The second kappa shape index (κ2) is 12.1. The third kappa shape index (κ3) is 6.74. The molecule has 1 aliphatic rings. The van der Waals surface area contributed by atoms with Crippen LogP contribution in [0.15, 0.2) is 60.9 Å². The van der Waals surface area contributed by atoms with Gasteiger partial charge >= 0.3 is 5.97 Å². The van der Waals surface area contributed by atoms with Gasteiger partial charge in [0.2, 0.25) is 0 Å². The van der Waals surface area contributed by atoms with Gasteiger partial charge in [0.1, 0.15) is 17.3 Å². The Labute approximate surface area is 237 Å². The largest absolute Gasteiger partial charge is 0.478 e. The van der Waals surface area contributed by atoms with E-state index in [1.165, 1.54) is 20.1 Å². The van der Waals surface area contributed by atoms with Crippen LogP contribution in [-0.4, -0.2) is 52.5 Å². The maximum atomic E-state index is 15.6. The molecule has 2 aromatic carbocycles. The Balaban J connectivity index is 1.80. The van der Waals surface area contributed by atoms with E-state index in [1.807, 2.05) is 37.3 Å². The maximum absolute atomic E-state index is 15.6. The van der Waals surface area contributed by atoms with Crippen molar-refractivity contribution < 1.29 is 23.1 Å². The van der Waals surface area contributed by atoms with Crippen molar-refractivity contribution in [1.82, 2.24) is 15.2 Å².